The lowest BCUT2D eigenvalue weighted by molar-refractivity contribution is -0.159. The summed E-state index contributed by atoms with van der Waals surface area (Å²) in [6, 6.07) is 12.0. The molecule has 2 atom stereocenters. The Morgan fingerprint density at radius 3 is 2.57 bits per heavy atom. The van der Waals surface area contributed by atoms with E-state index in [1.165, 1.54) is 17.0 Å². The van der Waals surface area contributed by atoms with Crippen LogP contribution in [0.2, 0.25) is 0 Å². The molecule has 2 spiro atoms. The Labute approximate surface area is 241 Å². The number of fused-ring (bicyclic) bond motifs is 3. The number of piperidine rings is 1. The summed E-state index contributed by atoms with van der Waals surface area (Å²) < 4.78 is 33.8. The van der Waals surface area contributed by atoms with Gasteiger partial charge in [-0.1, -0.05) is 12.1 Å². The monoisotopic (exact) mass is 572 g/mol. The minimum absolute atomic E-state index is 0.0801. The Balaban J connectivity index is 1.12. The van der Waals surface area contributed by atoms with Crippen LogP contribution in [0.25, 0.3) is 0 Å². The van der Waals surface area contributed by atoms with Gasteiger partial charge in [0.15, 0.2) is 0 Å². The van der Waals surface area contributed by atoms with Crippen LogP contribution in [0.1, 0.15) is 54.0 Å². The summed E-state index contributed by atoms with van der Waals surface area (Å²) in [7, 11) is 0. The fraction of sp³-hybridized carbons (Fsp3) is 0.375. The van der Waals surface area contributed by atoms with E-state index in [1.807, 2.05) is 24.3 Å². The second-order valence-electron chi connectivity index (χ2n) is 11.9. The van der Waals surface area contributed by atoms with Crippen LogP contribution in [-0.4, -0.2) is 47.4 Å². The maximum Gasteiger partial charge on any atom is 0.244 e. The van der Waals surface area contributed by atoms with Gasteiger partial charge in [0.1, 0.15) is 24.0 Å². The molecule has 4 heterocycles. The van der Waals surface area contributed by atoms with Crippen LogP contribution in [-0.2, 0) is 37.4 Å². The molecule has 2 N–H and O–H groups in total. The normalized spacial score (nSPS) is 24.0. The number of carbonyl (C=O) groups excluding carboxylic acids is 3. The number of hydrogen-bond donors (Lipinski definition) is 2. The molecule has 1 aromatic heterocycles. The van der Waals surface area contributed by atoms with Gasteiger partial charge < -0.3 is 20.3 Å². The highest BCUT2D eigenvalue weighted by molar-refractivity contribution is 6.06. The highest BCUT2D eigenvalue weighted by Gasteiger charge is 2.51. The molecule has 1 aliphatic carbocycles. The molecule has 4 aliphatic rings. The molecule has 10 heteroatoms. The van der Waals surface area contributed by atoms with Crippen LogP contribution in [0.3, 0.4) is 0 Å². The molecule has 3 amide bonds. The number of anilines is 2. The Bertz CT molecular complexity index is 1600. The van der Waals surface area contributed by atoms with Gasteiger partial charge in [0, 0.05) is 36.7 Å². The highest BCUT2D eigenvalue weighted by Crippen LogP contribution is 2.48. The molecule has 0 bridgehead atoms. The lowest BCUT2D eigenvalue weighted by Crippen LogP contribution is -2.54. The molecular weight excluding hydrogens is 542 g/mol. The van der Waals surface area contributed by atoms with Crippen LogP contribution in [0, 0.1) is 17.0 Å². The molecule has 2 fully saturated rings. The smallest absolute Gasteiger partial charge is 0.244 e. The predicted molar refractivity (Wildman–Crippen MR) is 150 cm³/mol. The predicted octanol–water partition coefficient (Wildman–Crippen LogP) is 4.45. The van der Waals surface area contributed by atoms with E-state index >= 15 is 0 Å². The second kappa shape index (κ2) is 9.97. The molecule has 3 aliphatic heterocycles. The van der Waals surface area contributed by atoms with Crippen LogP contribution in [0.5, 0.6) is 0 Å². The number of rotatable bonds is 4. The van der Waals surface area contributed by atoms with Gasteiger partial charge in [-0.25, -0.2) is 13.8 Å². The lowest BCUT2D eigenvalue weighted by atomic mass is 9.70. The van der Waals surface area contributed by atoms with Crippen molar-refractivity contribution in [3.8, 4) is 0 Å². The lowest BCUT2D eigenvalue weighted by Gasteiger charge is -2.47. The van der Waals surface area contributed by atoms with Crippen LogP contribution in [0.15, 0.2) is 54.7 Å². The highest BCUT2D eigenvalue weighted by atomic mass is 19.1. The molecule has 8 nitrogen and oxygen atoms in total. The average Bonchev–Trinajstić information content (AvgIpc) is 3.48. The standard InChI is InChI=1S/C32H30F2N4O4/c33-22-12-20(13-23(34)15-22)26-5-6-31(7-10-42-11-8-31)30(41)38(26)18-27(39)36-24-4-3-19-16-32(17-21(19)14-24)25-2-1-9-35-28(25)37-29(32)40/h1-4,9,12-15,26H,5-8,10-11,16-18H2,(H,36,39)(H,35,37,40)/t26-,32+/m0/s1. The summed E-state index contributed by atoms with van der Waals surface area (Å²) in [5.74, 6) is -1.53. The Kier molecular flexibility index (Phi) is 6.34. The number of pyridine rings is 1. The number of carbonyl (C=O) groups is 3. The molecule has 2 saturated heterocycles. The van der Waals surface area contributed by atoms with Gasteiger partial charge in [-0.2, -0.15) is 0 Å². The molecule has 2 aromatic carbocycles. The average molecular weight is 573 g/mol. The van der Waals surface area contributed by atoms with Crippen molar-refractivity contribution in [2.24, 2.45) is 5.41 Å². The minimum Gasteiger partial charge on any atom is -0.381 e. The van der Waals surface area contributed by atoms with Gasteiger partial charge in [0.2, 0.25) is 17.7 Å². The first kappa shape index (κ1) is 26.7. The summed E-state index contributed by atoms with van der Waals surface area (Å²) in [4.78, 5) is 46.2. The van der Waals surface area contributed by atoms with E-state index in [0.29, 0.717) is 68.8 Å². The van der Waals surface area contributed by atoms with Crippen molar-refractivity contribution in [2.45, 2.75) is 50.0 Å². The van der Waals surface area contributed by atoms with E-state index in [9.17, 15) is 23.2 Å². The zero-order valence-corrected chi connectivity index (χ0v) is 22.9. The van der Waals surface area contributed by atoms with Crippen molar-refractivity contribution in [2.75, 3.05) is 30.4 Å². The summed E-state index contributed by atoms with van der Waals surface area (Å²) in [5, 5.41) is 5.81. The summed E-state index contributed by atoms with van der Waals surface area (Å²) in [5.41, 5.74) is 2.39. The van der Waals surface area contributed by atoms with E-state index < -0.39 is 34.4 Å². The number of nitrogens with zero attached hydrogens (tertiary/aromatic N) is 2. The molecule has 0 unspecified atom stereocenters. The number of hydrogen-bond acceptors (Lipinski definition) is 5. The van der Waals surface area contributed by atoms with Gasteiger partial charge >= 0.3 is 0 Å². The van der Waals surface area contributed by atoms with Crippen molar-refractivity contribution in [1.82, 2.24) is 9.88 Å². The first-order chi connectivity index (χ1) is 20.3. The number of nitrogens with one attached hydrogen (secondary N) is 2. The van der Waals surface area contributed by atoms with Gasteiger partial charge in [0.05, 0.1) is 16.9 Å². The van der Waals surface area contributed by atoms with E-state index in [0.717, 1.165) is 22.8 Å². The first-order valence-electron chi connectivity index (χ1n) is 14.3. The van der Waals surface area contributed by atoms with Gasteiger partial charge in [-0.15, -0.1) is 0 Å². The van der Waals surface area contributed by atoms with E-state index in [2.05, 4.69) is 15.6 Å². The Morgan fingerprint density at radius 2 is 1.79 bits per heavy atom. The topological polar surface area (TPSA) is 101 Å². The zero-order chi connectivity index (χ0) is 29.1. The third-order valence-electron chi connectivity index (χ3n) is 9.48. The van der Waals surface area contributed by atoms with E-state index in [-0.39, 0.29) is 18.4 Å². The molecule has 3 aromatic rings. The summed E-state index contributed by atoms with van der Waals surface area (Å²) in [6.45, 7) is 0.660. The van der Waals surface area contributed by atoms with Crippen molar-refractivity contribution in [3.63, 3.8) is 0 Å². The third-order valence-corrected chi connectivity index (χ3v) is 9.48. The van der Waals surface area contributed by atoms with E-state index in [4.69, 9.17) is 4.74 Å². The van der Waals surface area contributed by atoms with Crippen LogP contribution in [0.4, 0.5) is 20.3 Å². The molecule has 7 rings (SSSR count). The summed E-state index contributed by atoms with van der Waals surface area (Å²) in [6.07, 6.45) is 4.83. The first-order valence-corrected chi connectivity index (χ1v) is 14.3. The number of likely N-dealkylation sites (tertiary alicyclic amines) is 1. The molecule has 42 heavy (non-hydrogen) atoms. The number of halogens is 2. The Hall–Kier alpha value is -4.18. The van der Waals surface area contributed by atoms with E-state index in [1.54, 1.807) is 12.3 Å². The maximum absolute atomic E-state index is 14.2. The van der Waals surface area contributed by atoms with Gasteiger partial charge in [0.25, 0.3) is 0 Å². The third kappa shape index (κ3) is 4.36. The molecule has 216 valence electrons. The summed E-state index contributed by atoms with van der Waals surface area (Å²) >= 11 is 0. The quantitative estimate of drug-likeness (QED) is 0.481. The van der Waals surface area contributed by atoms with Crippen molar-refractivity contribution in [3.05, 3.63) is 88.6 Å². The van der Waals surface area contributed by atoms with Crippen molar-refractivity contribution in [1.29, 1.82) is 0 Å². The maximum atomic E-state index is 14.2. The largest absolute Gasteiger partial charge is 0.381 e. The second-order valence-corrected chi connectivity index (χ2v) is 11.9. The molecule has 0 radical (unpaired) electrons. The molecular formula is C32H30F2N4O4. The fourth-order valence-electron chi connectivity index (χ4n) is 7.34. The van der Waals surface area contributed by atoms with Gasteiger partial charge in [-0.3, -0.25) is 14.4 Å². The Morgan fingerprint density at radius 1 is 1.02 bits per heavy atom. The number of benzene rings is 2. The fourth-order valence-corrected chi connectivity index (χ4v) is 7.34. The molecule has 0 saturated carbocycles. The number of aromatic nitrogens is 1. The van der Waals surface area contributed by atoms with Crippen LogP contribution >= 0.6 is 0 Å². The van der Waals surface area contributed by atoms with Gasteiger partial charge in [-0.05, 0) is 85.5 Å². The number of amides is 3. The minimum atomic E-state index is -0.724. The van der Waals surface area contributed by atoms with Crippen LogP contribution < -0.4 is 10.6 Å². The zero-order valence-electron chi connectivity index (χ0n) is 22.9. The number of ether oxygens (including phenoxy) is 1. The SMILES string of the molecule is O=C(CN1C(=O)C2(CCOCC2)CC[C@H]1c1cc(F)cc(F)c1)Nc1ccc2c(c1)C[C@@]1(C2)C(=O)Nc2ncccc21. The van der Waals surface area contributed by atoms with Crippen molar-refractivity contribution < 1.29 is 27.9 Å². The van der Waals surface area contributed by atoms with Crippen molar-refractivity contribution >= 4 is 29.2 Å².